The first kappa shape index (κ1) is 16.0. The molecule has 5 heteroatoms. The Morgan fingerprint density at radius 1 is 1.22 bits per heavy atom. The van der Waals surface area contributed by atoms with Crippen molar-refractivity contribution >= 4 is 11.8 Å². The van der Waals surface area contributed by atoms with E-state index in [4.69, 9.17) is 5.73 Å². The Kier molecular flexibility index (Phi) is 4.96. The number of nitrogens with one attached hydrogen (secondary N) is 1. The molecule has 0 radical (unpaired) electrons. The van der Waals surface area contributed by atoms with Crippen molar-refractivity contribution in [2.75, 3.05) is 13.1 Å². The van der Waals surface area contributed by atoms with Gasteiger partial charge < -0.3 is 16.0 Å². The van der Waals surface area contributed by atoms with Crippen LogP contribution < -0.4 is 11.1 Å². The highest BCUT2D eigenvalue weighted by Gasteiger charge is 2.26. The summed E-state index contributed by atoms with van der Waals surface area (Å²) in [4.78, 5) is 26.1. The van der Waals surface area contributed by atoms with Crippen molar-refractivity contribution in [1.29, 1.82) is 0 Å². The van der Waals surface area contributed by atoms with E-state index in [0.29, 0.717) is 13.0 Å². The van der Waals surface area contributed by atoms with Crippen LogP contribution in [0.5, 0.6) is 0 Å². The van der Waals surface area contributed by atoms with Gasteiger partial charge in [-0.15, -0.1) is 0 Å². The van der Waals surface area contributed by atoms with Crippen molar-refractivity contribution in [2.45, 2.75) is 44.7 Å². The Bertz CT molecular complexity index is 587. The van der Waals surface area contributed by atoms with Gasteiger partial charge in [0.2, 0.25) is 11.8 Å². The maximum atomic E-state index is 12.3. The van der Waals surface area contributed by atoms with E-state index in [9.17, 15) is 9.59 Å². The van der Waals surface area contributed by atoms with Crippen molar-refractivity contribution in [3.63, 3.8) is 0 Å². The van der Waals surface area contributed by atoms with Crippen LogP contribution in [0.25, 0.3) is 0 Å². The molecule has 0 bridgehead atoms. The average molecular weight is 315 g/mol. The lowest BCUT2D eigenvalue weighted by Gasteiger charge is -2.29. The number of nitrogens with zero attached hydrogens (tertiary/aromatic N) is 1. The quantitative estimate of drug-likeness (QED) is 0.877. The molecule has 124 valence electrons. The summed E-state index contributed by atoms with van der Waals surface area (Å²) >= 11 is 0. The smallest absolute Gasteiger partial charge is 0.242 e. The molecule has 1 aliphatic carbocycles. The molecule has 1 aromatic rings. The van der Waals surface area contributed by atoms with Gasteiger partial charge in [-0.3, -0.25) is 9.59 Å². The first-order chi connectivity index (χ1) is 11.1. The van der Waals surface area contributed by atoms with Gasteiger partial charge in [-0.05, 0) is 36.3 Å². The standard InChI is InChI=1S/C18H25N3O2/c19-16-7-3-6-14(16)10-17(22)20-11-18(23)21-9-8-13-4-1-2-5-15(13)12-21/h1-2,4-5,14,16H,3,6-12,19H2,(H,20,22)/t14-,16+/m0/s1. The van der Waals surface area contributed by atoms with Gasteiger partial charge in [-0.2, -0.15) is 0 Å². The van der Waals surface area contributed by atoms with Crippen LogP contribution in [0.15, 0.2) is 24.3 Å². The zero-order valence-electron chi connectivity index (χ0n) is 13.5. The summed E-state index contributed by atoms with van der Waals surface area (Å²) in [6.45, 7) is 1.44. The average Bonchev–Trinajstić information content (AvgIpc) is 2.97. The molecule has 3 rings (SSSR count). The van der Waals surface area contributed by atoms with Gasteiger partial charge in [0.25, 0.3) is 0 Å². The van der Waals surface area contributed by atoms with E-state index in [2.05, 4.69) is 17.4 Å². The highest BCUT2D eigenvalue weighted by atomic mass is 16.2. The second-order valence-corrected chi connectivity index (χ2v) is 6.67. The van der Waals surface area contributed by atoms with Gasteiger partial charge in [0.15, 0.2) is 0 Å². The van der Waals surface area contributed by atoms with E-state index < -0.39 is 0 Å². The Hall–Kier alpha value is -1.88. The molecule has 1 saturated carbocycles. The maximum Gasteiger partial charge on any atom is 0.242 e. The summed E-state index contributed by atoms with van der Waals surface area (Å²) in [5.74, 6) is 0.202. The Labute approximate surface area is 137 Å². The molecule has 5 nitrogen and oxygen atoms in total. The van der Waals surface area contributed by atoms with Crippen molar-refractivity contribution in [3.05, 3.63) is 35.4 Å². The van der Waals surface area contributed by atoms with Gasteiger partial charge in [-0.1, -0.05) is 30.7 Å². The lowest BCUT2D eigenvalue weighted by Crippen LogP contribution is -2.43. The van der Waals surface area contributed by atoms with Crippen LogP contribution in [0.1, 0.15) is 36.8 Å². The van der Waals surface area contributed by atoms with Crippen LogP contribution in [0.2, 0.25) is 0 Å². The first-order valence-corrected chi connectivity index (χ1v) is 8.50. The number of hydrogen-bond acceptors (Lipinski definition) is 3. The summed E-state index contributed by atoms with van der Waals surface area (Å²) in [5, 5.41) is 2.77. The lowest BCUT2D eigenvalue weighted by atomic mass is 9.99. The Morgan fingerprint density at radius 2 is 2.00 bits per heavy atom. The van der Waals surface area contributed by atoms with Crippen LogP contribution in [0, 0.1) is 5.92 Å². The number of nitrogens with two attached hydrogens (primary N) is 1. The predicted molar refractivity (Wildman–Crippen MR) is 88.5 cm³/mol. The molecule has 1 heterocycles. The summed E-state index contributed by atoms with van der Waals surface area (Å²) in [6.07, 6.45) is 4.45. The number of benzene rings is 1. The molecule has 1 aliphatic heterocycles. The molecule has 0 aromatic heterocycles. The third-order valence-corrected chi connectivity index (χ3v) is 5.09. The van der Waals surface area contributed by atoms with Crippen LogP contribution in [-0.2, 0) is 22.6 Å². The molecular weight excluding hydrogens is 290 g/mol. The molecule has 1 aromatic carbocycles. The molecular formula is C18H25N3O2. The minimum absolute atomic E-state index is 0.0106. The Balaban J connectivity index is 1.45. The van der Waals surface area contributed by atoms with Crippen LogP contribution in [-0.4, -0.2) is 35.8 Å². The van der Waals surface area contributed by atoms with Crippen molar-refractivity contribution in [1.82, 2.24) is 10.2 Å². The zero-order valence-corrected chi connectivity index (χ0v) is 13.5. The van der Waals surface area contributed by atoms with E-state index in [0.717, 1.165) is 32.2 Å². The third kappa shape index (κ3) is 3.91. The molecule has 2 atom stereocenters. The van der Waals surface area contributed by atoms with E-state index in [1.807, 2.05) is 17.0 Å². The first-order valence-electron chi connectivity index (χ1n) is 8.50. The number of hydrogen-bond donors (Lipinski definition) is 2. The lowest BCUT2D eigenvalue weighted by molar-refractivity contribution is -0.133. The Morgan fingerprint density at radius 3 is 2.74 bits per heavy atom. The van der Waals surface area contributed by atoms with Gasteiger partial charge in [0, 0.05) is 25.6 Å². The van der Waals surface area contributed by atoms with Gasteiger partial charge >= 0.3 is 0 Å². The molecule has 0 saturated heterocycles. The van der Waals surface area contributed by atoms with Crippen molar-refractivity contribution in [3.8, 4) is 0 Å². The topological polar surface area (TPSA) is 75.4 Å². The summed E-state index contributed by atoms with van der Waals surface area (Å²) in [6, 6.07) is 8.34. The number of rotatable bonds is 4. The number of amides is 2. The fourth-order valence-corrected chi connectivity index (χ4v) is 3.62. The minimum Gasteiger partial charge on any atom is -0.347 e. The summed E-state index contributed by atoms with van der Waals surface area (Å²) in [5.41, 5.74) is 8.51. The fourth-order valence-electron chi connectivity index (χ4n) is 3.62. The largest absolute Gasteiger partial charge is 0.347 e. The van der Waals surface area contributed by atoms with Gasteiger partial charge in [0.1, 0.15) is 0 Å². The second-order valence-electron chi connectivity index (χ2n) is 6.67. The van der Waals surface area contributed by atoms with Crippen LogP contribution >= 0.6 is 0 Å². The van der Waals surface area contributed by atoms with Crippen LogP contribution in [0.4, 0.5) is 0 Å². The predicted octanol–water partition coefficient (Wildman–Crippen LogP) is 1.21. The zero-order chi connectivity index (χ0) is 16.2. The van der Waals surface area contributed by atoms with Crippen molar-refractivity contribution < 1.29 is 9.59 Å². The second kappa shape index (κ2) is 7.13. The summed E-state index contributed by atoms with van der Waals surface area (Å²) in [7, 11) is 0. The molecule has 2 amide bonds. The third-order valence-electron chi connectivity index (χ3n) is 5.09. The number of carbonyl (C=O) groups excluding carboxylic acids is 2. The molecule has 2 aliphatic rings. The number of fused-ring (bicyclic) bond motifs is 1. The van der Waals surface area contributed by atoms with Gasteiger partial charge in [0.05, 0.1) is 6.54 Å². The molecule has 23 heavy (non-hydrogen) atoms. The molecule has 0 spiro atoms. The van der Waals surface area contributed by atoms with E-state index in [-0.39, 0.29) is 30.3 Å². The molecule has 0 unspecified atom stereocenters. The fraction of sp³-hybridized carbons (Fsp3) is 0.556. The molecule has 1 fully saturated rings. The van der Waals surface area contributed by atoms with E-state index in [1.165, 1.54) is 11.1 Å². The summed E-state index contributed by atoms with van der Waals surface area (Å²) < 4.78 is 0. The van der Waals surface area contributed by atoms with E-state index >= 15 is 0 Å². The highest BCUT2D eigenvalue weighted by Crippen LogP contribution is 2.26. The molecule has 3 N–H and O–H groups in total. The van der Waals surface area contributed by atoms with Crippen molar-refractivity contribution in [2.24, 2.45) is 11.7 Å². The maximum absolute atomic E-state index is 12.3. The monoisotopic (exact) mass is 315 g/mol. The number of carbonyl (C=O) groups is 2. The highest BCUT2D eigenvalue weighted by molar-refractivity contribution is 5.85. The van der Waals surface area contributed by atoms with Crippen LogP contribution in [0.3, 0.4) is 0 Å². The normalized spacial score (nSPS) is 23.4. The van der Waals surface area contributed by atoms with E-state index in [1.54, 1.807) is 0 Å². The minimum atomic E-state index is -0.0573. The van der Waals surface area contributed by atoms with Gasteiger partial charge in [-0.25, -0.2) is 0 Å². The SMILES string of the molecule is N[C@@H]1CCC[C@H]1CC(=O)NCC(=O)N1CCc2ccccc2C1.